The van der Waals surface area contributed by atoms with Gasteiger partial charge in [-0.05, 0) is 24.1 Å². The van der Waals surface area contributed by atoms with Crippen LogP contribution in [-0.2, 0) is 11.2 Å². The molecule has 0 aromatic heterocycles. The van der Waals surface area contributed by atoms with Crippen molar-refractivity contribution in [1.29, 1.82) is 0 Å². The van der Waals surface area contributed by atoms with Crippen molar-refractivity contribution in [3.8, 4) is 0 Å². The number of carboxylic acid groups (broad SMARTS) is 1. The van der Waals surface area contributed by atoms with Gasteiger partial charge >= 0.3 is 12.0 Å². The van der Waals surface area contributed by atoms with Crippen LogP contribution in [0.1, 0.15) is 12.0 Å². The van der Waals surface area contributed by atoms with Crippen LogP contribution in [0.5, 0.6) is 0 Å². The van der Waals surface area contributed by atoms with Crippen molar-refractivity contribution in [1.82, 2.24) is 5.32 Å². The van der Waals surface area contributed by atoms with Gasteiger partial charge in [0.2, 0.25) is 0 Å². The van der Waals surface area contributed by atoms with Gasteiger partial charge in [0, 0.05) is 19.2 Å². The molecule has 0 aliphatic rings. The standard InChI is InChI=1S/C11H14N2O3/c1-12-11(16)13-9-4-2-3-8(7-9)5-6-10(14)15/h2-4,7H,5-6H2,1H3,(H,14,15)(H2,12,13,16). The van der Waals surface area contributed by atoms with Gasteiger partial charge in [-0.25, -0.2) is 4.79 Å². The molecule has 0 atom stereocenters. The lowest BCUT2D eigenvalue weighted by Crippen LogP contribution is -2.24. The SMILES string of the molecule is CNC(=O)Nc1cccc(CCC(=O)O)c1. The fourth-order valence-corrected chi connectivity index (χ4v) is 1.25. The molecular formula is C11H14N2O3. The van der Waals surface area contributed by atoms with Gasteiger partial charge in [0.1, 0.15) is 0 Å². The van der Waals surface area contributed by atoms with Crippen LogP contribution in [0, 0.1) is 0 Å². The molecule has 0 saturated heterocycles. The van der Waals surface area contributed by atoms with Crippen LogP contribution in [0.25, 0.3) is 0 Å². The molecule has 0 aliphatic carbocycles. The van der Waals surface area contributed by atoms with E-state index in [0.717, 1.165) is 5.56 Å². The fourth-order valence-electron chi connectivity index (χ4n) is 1.25. The van der Waals surface area contributed by atoms with E-state index >= 15 is 0 Å². The first-order valence-corrected chi connectivity index (χ1v) is 4.91. The summed E-state index contributed by atoms with van der Waals surface area (Å²) in [6.45, 7) is 0. The van der Waals surface area contributed by atoms with Crippen LogP contribution in [0.2, 0.25) is 0 Å². The third kappa shape index (κ3) is 4.00. The molecule has 86 valence electrons. The van der Waals surface area contributed by atoms with Gasteiger partial charge < -0.3 is 15.7 Å². The number of anilines is 1. The highest BCUT2D eigenvalue weighted by atomic mass is 16.4. The molecule has 1 aromatic carbocycles. The summed E-state index contributed by atoms with van der Waals surface area (Å²) in [5, 5.41) is 13.6. The monoisotopic (exact) mass is 222 g/mol. The molecule has 0 saturated carbocycles. The summed E-state index contributed by atoms with van der Waals surface area (Å²) in [7, 11) is 1.53. The highest BCUT2D eigenvalue weighted by Gasteiger charge is 2.02. The summed E-state index contributed by atoms with van der Waals surface area (Å²) in [4.78, 5) is 21.4. The normalized spacial score (nSPS) is 9.56. The van der Waals surface area contributed by atoms with Gasteiger partial charge in [-0.2, -0.15) is 0 Å². The maximum absolute atomic E-state index is 11.0. The molecule has 2 amide bonds. The summed E-state index contributed by atoms with van der Waals surface area (Å²) in [6.07, 6.45) is 0.544. The number of amides is 2. The first-order valence-electron chi connectivity index (χ1n) is 4.91. The number of aryl methyl sites for hydroxylation is 1. The molecule has 1 rings (SSSR count). The minimum absolute atomic E-state index is 0.0867. The van der Waals surface area contributed by atoms with Gasteiger partial charge in [-0.1, -0.05) is 12.1 Å². The molecule has 1 aromatic rings. The summed E-state index contributed by atoms with van der Waals surface area (Å²) >= 11 is 0. The number of rotatable bonds is 4. The van der Waals surface area contributed by atoms with Gasteiger partial charge in [-0.15, -0.1) is 0 Å². The Balaban J connectivity index is 2.63. The van der Waals surface area contributed by atoms with Gasteiger partial charge in [0.25, 0.3) is 0 Å². The molecule has 0 unspecified atom stereocenters. The van der Waals surface area contributed by atoms with Gasteiger partial charge in [-0.3, -0.25) is 4.79 Å². The molecule has 5 nitrogen and oxygen atoms in total. The van der Waals surface area contributed by atoms with Gasteiger partial charge in [0.05, 0.1) is 0 Å². The predicted molar refractivity (Wildman–Crippen MR) is 60.5 cm³/mol. The van der Waals surface area contributed by atoms with E-state index in [1.165, 1.54) is 7.05 Å². The van der Waals surface area contributed by atoms with E-state index in [-0.39, 0.29) is 12.5 Å². The summed E-state index contributed by atoms with van der Waals surface area (Å²) in [5.74, 6) is -0.829. The van der Waals surface area contributed by atoms with Crippen LogP contribution >= 0.6 is 0 Å². The average Bonchev–Trinajstić information content (AvgIpc) is 2.26. The second kappa shape index (κ2) is 5.75. The molecule has 16 heavy (non-hydrogen) atoms. The minimum atomic E-state index is -0.829. The van der Waals surface area contributed by atoms with Crippen molar-refractivity contribution in [2.45, 2.75) is 12.8 Å². The summed E-state index contributed by atoms with van der Waals surface area (Å²) in [5.41, 5.74) is 1.54. The van der Waals surface area contributed by atoms with E-state index in [1.807, 2.05) is 6.07 Å². The topological polar surface area (TPSA) is 78.4 Å². The van der Waals surface area contributed by atoms with E-state index < -0.39 is 5.97 Å². The maximum atomic E-state index is 11.0. The Bertz CT molecular complexity index is 391. The molecule has 0 fully saturated rings. The molecule has 3 N–H and O–H groups in total. The maximum Gasteiger partial charge on any atom is 0.318 e. The van der Waals surface area contributed by atoms with Crippen molar-refractivity contribution in [3.63, 3.8) is 0 Å². The molecule has 0 radical (unpaired) electrons. The summed E-state index contributed by atoms with van der Waals surface area (Å²) in [6, 6.07) is 6.83. The molecular weight excluding hydrogens is 208 g/mol. The number of benzene rings is 1. The second-order valence-corrected chi connectivity index (χ2v) is 3.30. The van der Waals surface area contributed by atoms with Crippen molar-refractivity contribution in [2.75, 3.05) is 12.4 Å². The van der Waals surface area contributed by atoms with E-state index in [1.54, 1.807) is 18.2 Å². The zero-order valence-corrected chi connectivity index (χ0v) is 8.99. The molecule has 0 heterocycles. The number of aliphatic carboxylic acids is 1. The largest absolute Gasteiger partial charge is 0.481 e. The van der Waals surface area contributed by atoms with Crippen molar-refractivity contribution in [3.05, 3.63) is 29.8 Å². The Hall–Kier alpha value is -2.04. The lowest BCUT2D eigenvalue weighted by Gasteiger charge is -2.06. The van der Waals surface area contributed by atoms with E-state index in [9.17, 15) is 9.59 Å². The zero-order valence-electron chi connectivity index (χ0n) is 8.99. The van der Waals surface area contributed by atoms with E-state index in [4.69, 9.17) is 5.11 Å². The highest BCUT2D eigenvalue weighted by molar-refractivity contribution is 5.89. The van der Waals surface area contributed by atoms with Crippen molar-refractivity contribution in [2.24, 2.45) is 0 Å². The third-order valence-corrected chi connectivity index (χ3v) is 2.04. The van der Waals surface area contributed by atoms with E-state index in [2.05, 4.69) is 10.6 Å². The van der Waals surface area contributed by atoms with Crippen LogP contribution in [0.4, 0.5) is 10.5 Å². The number of urea groups is 1. The lowest BCUT2D eigenvalue weighted by atomic mass is 10.1. The number of nitrogens with one attached hydrogen (secondary N) is 2. The summed E-state index contributed by atoms with van der Waals surface area (Å²) < 4.78 is 0. The zero-order chi connectivity index (χ0) is 12.0. The molecule has 5 heteroatoms. The van der Waals surface area contributed by atoms with Crippen molar-refractivity contribution < 1.29 is 14.7 Å². The fraction of sp³-hybridized carbons (Fsp3) is 0.273. The Kier molecular flexibility index (Phi) is 4.32. The third-order valence-electron chi connectivity index (χ3n) is 2.04. The number of hydrogen-bond donors (Lipinski definition) is 3. The number of carboxylic acids is 1. The number of hydrogen-bond acceptors (Lipinski definition) is 2. The van der Waals surface area contributed by atoms with E-state index in [0.29, 0.717) is 12.1 Å². The average molecular weight is 222 g/mol. The van der Waals surface area contributed by atoms with Gasteiger partial charge in [0.15, 0.2) is 0 Å². The minimum Gasteiger partial charge on any atom is -0.481 e. The molecule has 0 aliphatic heterocycles. The van der Waals surface area contributed by atoms with Crippen LogP contribution < -0.4 is 10.6 Å². The van der Waals surface area contributed by atoms with Crippen LogP contribution in [0.15, 0.2) is 24.3 Å². The van der Waals surface area contributed by atoms with Crippen LogP contribution in [0.3, 0.4) is 0 Å². The Morgan fingerprint density at radius 3 is 2.75 bits per heavy atom. The Labute approximate surface area is 93.5 Å². The first-order chi connectivity index (χ1) is 7.61. The Morgan fingerprint density at radius 1 is 1.38 bits per heavy atom. The lowest BCUT2D eigenvalue weighted by molar-refractivity contribution is -0.136. The quantitative estimate of drug-likeness (QED) is 0.721. The first kappa shape index (κ1) is 12.0. The molecule has 0 spiro atoms. The smallest absolute Gasteiger partial charge is 0.318 e. The Morgan fingerprint density at radius 2 is 2.12 bits per heavy atom. The second-order valence-electron chi connectivity index (χ2n) is 3.30. The number of carbonyl (C=O) groups is 2. The van der Waals surface area contributed by atoms with Crippen molar-refractivity contribution >= 4 is 17.7 Å². The van der Waals surface area contributed by atoms with Crippen LogP contribution in [-0.4, -0.2) is 24.2 Å². The molecule has 0 bridgehead atoms. The number of carbonyl (C=O) groups excluding carboxylic acids is 1. The predicted octanol–water partition coefficient (Wildman–Crippen LogP) is 1.46. The highest BCUT2D eigenvalue weighted by Crippen LogP contribution is 2.12.